The molecule has 0 bridgehead atoms. The Hall–Kier alpha value is -2.18. The predicted octanol–water partition coefficient (Wildman–Crippen LogP) is 4.72. The van der Waals surface area contributed by atoms with Crippen molar-refractivity contribution < 1.29 is 14.7 Å². The smallest absolute Gasteiger partial charge is 0.337 e. The molecule has 4 rings (SSSR count). The highest BCUT2D eigenvalue weighted by molar-refractivity contribution is 7.16. The zero-order chi connectivity index (χ0) is 21.8. The first-order valence-electron chi connectivity index (χ1n) is 10.5. The number of hydrogen-bond acceptors (Lipinski definition) is 4. The van der Waals surface area contributed by atoms with Gasteiger partial charge >= 0.3 is 5.97 Å². The van der Waals surface area contributed by atoms with Crippen LogP contribution in [-0.2, 0) is 24.2 Å². The number of amides is 1. The van der Waals surface area contributed by atoms with E-state index in [2.05, 4.69) is 19.2 Å². The molecule has 1 aliphatic heterocycles. The van der Waals surface area contributed by atoms with E-state index in [0.29, 0.717) is 18.7 Å². The van der Waals surface area contributed by atoms with E-state index in [4.69, 9.17) is 0 Å². The third-order valence-corrected chi connectivity index (χ3v) is 7.70. The molecule has 1 fully saturated rings. The van der Waals surface area contributed by atoms with Gasteiger partial charge in [0.15, 0.2) is 0 Å². The van der Waals surface area contributed by atoms with Crippen molar-refractivity contribution >= 4 is 28.9 Å². The summed E-state index contributed by atoms with van der Waals surface area (Å²) in [6.07, 6.45) is 2.82. The molecular formula is C24H30N2O3S. The van der Waals surface area contributed by atoms with Crippen LogP contribution in [0.3, 0.4) is 0 Å². The fraction of sp³-hybridized carbons (Fsp3) is 0.500. The molecule has 6 heteroatoms. The summed E-state index contributed by atoms with van der Waals surface area (Å²) >= 11 is 1.63. The van der Waals surface area contributed by atoms with Gasteiger partial charge < -0.3 is 15.3 Å². The van der Waals surface area contributed by atoms with E-state index in [0.717, 1.165) is 46.5 Å². The molecule has 30 heavy (non-hydrogen) atoms. The fourth-order valence-electron chi connectivity index (χ4n) is 4.66. The summed E-state index contributed by atoms with van der Waals surface area (Å²) < 4.78 is 0. The number of nitrogens with zero attached hydrogens (tertiary/aromatic N) is 1. The van der Waals surface area contributed by atoms with Crippen LogP contribution in [-0.4, -0.2) is 30.6 Å². The van der Waals surface area contributed by atoms with E-state index in [1.54, 1.807) is 11.3 Å². The largest absolute Gasteiger partial charge is 0.478 e. The summed E-state index contributed by atoms with van der Waals surface area (Å²) in [7, 11) is 1.88. The lowest BCUT2D eigenvalue weighted by molar-refractivity contribution is -0.132. The van der Waals surface area contributed by atoms with Gasteiger partial charge in [0.1, 0.15) is 0 Å². The van der Waals surface area contributed by atoms with Gasteiger partial charge in [0, 0.05) is 28.5 Å². The van der Waals surface area contributed by atoms with Gasteiger partial charge in [-0.15, -0.1) is 11.3 Å². The van der Waals surface area contributed by atoms with E-state index in [-0.39, 0.29) is 16.7 Å². The van der Waals surface area contributed by atoms with Gasteiger partial charge in [0.05, 0.1) is 11.0 Å². The van der Waals surface area contributed by atoms with Crippen molar-refractivity contribution in [2.45, 2.75) is 53.5 Å². The van der Waals surface area contributed by atoms with E-state index in [1.807, 2.05) is 44.0 Å². The Morgan fingerprint density at radius 3 is 2.60 bits per heavy atom. The minimum atomic E-state index is -0.848. The van der Waals surface area contributed by atoms with Crippen LogP contribution in [0, 0.1) is 10.8 Å². The SMILES string of the molecule is CNCc1cc(N2CC(C)(C)C2=O)ccc1-c1sc2c(c1C(=O)O)CC(C)(C)CC2. The van der Waals surface area contributed by atoms with Gasteiger partial charge in [-0.1, -0.05) is 19.9 Å². The molecule has 1 aromatic heterocycles. The topological polar surface area (TPSA) is 69.6 Å². The predicted molar refractivity (Wildman–Crippen MR) is 121 cm³/mol. The number of β-lactam (4-membered cyclic amide) rings is 1. The third kappa shape index (κ3) is 3.46. The molecular weight excluding hydrogens is 396 g/mol. The van der Waals surface area contributed by atoms with Crippen molar-refractivity contribution in [3.8, 4) is 10.4 Å². The number of rotatable bonds is 5. The van der Waals surface area contributed by atoms with Crippen LogP contribution in [0.5, 0.6) is 0 Å². The molecule has 1 amide bonds. The van der Waals surface area contributed by atoms with Crippen LogP contribution in [0.15, 0.2) is 18.2 Å². The number of carbonyl (C=O) groups is 2. The Morgan fingerprint density at radius 1 is 1.27 bits per heavy atom. The van der Waals surface area contributed by atoms with Crippen LogP contribution in [0.1, 0.15) is 60.5 Å². The zero-order valence-electron chi connectivity index (χ0n) is 18.4. The maximum atomic E-state index is 12.5. The van der Waals surface area contributed by atoms with Crippen LogP contribution in [0.2, 0.25) is 0 Å². The minimum Gasteiger partial charge on any atom is -0.478 e. The molecule has 1 saturated heterocycles. The van der Waals surface area contributed by atoms with Gasteiger partial charge in [-0.3, -0.25) is 4.79 Å². The second-order valence-electron chi connectivity index (χ2n) is 10.0. The average Bonchev–Trinajstić information content (AvgIpc) is 3.03. The Kier molecular flexibility index (Phi) is 5.06. The van der Waals surface area contributed by atoms with Gasteiger partial charge in [0.25, 0.3) is 0 Å². The summed E-state index contributed by atoms with van der Waals surface area (Å²) in [5, 5.41) is 13.3. The first kappa shape index (κ1) is 21.1. The van der Waals surface area contributed by atoms with Crippen molar-refractivity contribution in [1.29, 1.82) is 0 Å². The van der Waals surface area contributed by atoms with Crippen LogP contribution >= 0.6 is 11.3 Å². The van der Waals surface area contributed by atoms with Crippen molar-refractivity contribution in [2.75, 3.05) is 18.5 Å². The van der Waals surface area contributed by atoms with E-state index < -0.39 is 5.97 Å². The molecule has 160 valence electrons. The normalized spacial score (nSPS) is 19.4. The Balaban J connectivity index is 1.80. The highest BCUT2D eigenvalue weighted by Crippen LogP contribution is 2.46. The summed E-state index contributed by atoms with van der Waals surface area (Å²) in [4.78, 5) is 28.6. The maximum Gasteiger partial charge on any atom is 0.337 e. The van der Waals surface area contributed by atoms with Gasteiger partial charge in [-0.05, 0) is 74.4 Å². The number of carbonyl (C=O) groups excluding carboxylic acids is 1. The number of thiophene rings is 1. The molecule has 5 nitrogen and oxygen atoms in total. The number of benzene rings is 1. The summed E-state index contributed by atoms with van der Waals surface area (Å²) in [5.74, 6) is -0.718. The lowest BCUT2D eigenvalue weighted by Crippen LogP contribution is -2.58. The number of hydrogen-bond donors (Lipinski definition) is 2. The molecule has 2 aliphatic rings. The molecule has 2 heterocycles. The quantitative estimate of drug-likeness (QED) is 0.679. The number of aromatic carboxylic acids is 1. The lowest BCUT2D eigenvalue weighted by Gasteiger charge is -2.44. The van der Waals surface area contributed by atoms with Crippen LogP contribution in [0.4, 0.5) is 5.69 Å². The van der Waals surface area contributed by atoms with E-state index >= 15 is 0 Å². The molecule has 1 aromatic carbocycles. The van der Waals surface area contributed by atoms with E-state index in [9.17, 15) is 14.7 Å². The number of aryl methyl sites for hydroxylation is 1. The Morgan fingerprint density at radius 2 is 2.00 bits per heavy atom. The molecule has 0 radical (unpaired) electrons. The van der Waals surface area contributed by atoms with Gasteiger partial charge in [0.2, 0.25) is 5.91 Å². The molecule has 0 saturated carbocycles. The second-order valence-corrected chi connectivity index (χ2v) is 11.1. The van der Waals surface area contributed by atoms with Gasteiger partial charge in [-0.2, -0.15) is 0 Å². The van der Waals surface area contributed by atoms with Crippen molar-refractivity contribution in [2.24, 2.45) is 10.8 Å². The van der Waals surface area contributed by atoms with Gasteiger partial charge in [-0.25, -0.2) is 4.79 Å². The highest BCUT2D eigenvalue weighted by atomic mass is 32.1. The standard InChI is InChI=1S/C24H30N2O3S/c1-23(2)9-8-18-17(11-23)19(21(27)28)20(30-18)16-7-6-15(10-14(16)12-25-5)26-13-24(3,4)22(26)29/h6-7,10,25H,8-9,11-13H2,1-5H3,(H,27,28). The third-order valence-electron chi connectivity index (χ3n) is 6.38. The summed E-state index contributed by atoms with van der Waals surface area (Å²) in [5.41, 5.74) is 4.15. The molecule has 0 atom stereocenters. The fourth-order valence-corrected chi connectivity index (χ4v) is 6.03. The van der Waals surface area contributed by atoms with Crippen LogP contribution < -0.4 is 10.2 Å². The number of carboxylic acids is 1. The second kappa shape index (κ2) is 7.20. The van der Waals surface area contributed by atoms with Crippen molar-refractivity contribution in [3.05, 3.63) is 39.8 Å². The average molecular weight is 427 g/mol. The number of anilines is 1. The van der Waals surface area contributed by atoms with E-state index in [1.165, 1.54) is 4.88 Å². The van der Waals surface area contributed by atoms with Crippen molar-refractivity contribution in [1.82, 2.24) is 5.32 Å². The first-order valence-corrected chi connectivity index (χ1v) is 11.3. The van der Waals surface area contributed by atoms with Crippen LogP contribution in [0.25, 0.3) is 10.4 Å². The molecule has 0 unspecified atom stereocenters. The molecule has 0 spiro atoms. The maximum absolute atomic E-state index is 12.5. The monoisotopic (exact) mass is 426 g/mol. The summed E-state index contributed by atoms with van der Waals surface area (Å²) in [6, 6.07) is 5.98. The number of fused-ring (bicyclic) bond motifs is 1. The molecule has 2 N–H and O–H groups in total. The Bertz CT molecular complexity index is 1040. The lowest BCUT2D eigenvalue weighted by atomic mass is 9.76. The molecule has 2 aromatic rings. The summed E-state index contributed by atoms with van der Waals surface area (Å²) in [6.45, 7) is 9.67. The minimum absolute atomic E-state index is 0.123. The number of nitrogens with one attached hydrogen (secondary N) is 1. The zero-order valence-corrected chi connectivity index (χ0v) is 19.2. The Labute approximate surface area is 182 Å². The molecule has 1 aliphatic carbocycles. The first-order chi connectivity index (χ1) is 14.0. The highest BCUT2D eigenvalue weighted by Gasteiger charge is 2.45. The van der Waals surface area contributed by atoms with Crippen molar-refractivity contribution in [3.63, 3.8) is 0 Å². The number of carboxylic acid groups (broad SMARTS) is 1.